The third kappa shape index (κ3) is 5.23. The van der Waals surface area contributed by atoms with Crippen LogP contribution in [0.3, 0.4) is 0 Å². The number of para-hydroxylation sites is 1. The molecule has 1 heterocycles. The molecular weight excluding hydrogens is 431 g/mol. The van der Waals surface area contributed by atoms with Crippen molar-refractivity contribution in [2.24, 2.45) is 0 Å². The van der Waals surface area contributed by atoms with Gasteiger partial charge in [-0.25, -0.2) is 4.68 Å². The topological polar surface area (TPSA) is 64.1 Å². The molecule has 2 aromatic carbocycles. The standard InChI is InChI=1S/C20H22Cl2N4O2S/c1-3-5-18-24-25-20(29)26(18)23-11-14-6-4-7-17(27-2)19(14)28-12-13-8-9-15(21)16(22)10-13/h4,6-10,23H,3,5,11-12H2,1-2H3,(H,25,29). The highest BCUT2D eigenvalue weighted by molar-refractivity contribution is 7.71. The number of hydrogen-bond acceptors (Lipinski definition) is 5. The van der Waals surface area contributed by atoms with Crippen LogP contribution in [0.4, 0.5) is 0 Å². The van der Waals surface area contributed by atoms with Crippen LogP contribution >= 0.6 is 35.4 Å². The number of H-pyrrole nitrogens is 1. The number of halogens is 2. The fourth-order valence-electron chi connectivity index (χ4n) is 2.86. The van der Waals surface area contributed by atoms with E-state index >= 15 is 0 Å². The van der Waals surface area contributed by atoms with Gasteiger partial charge in [-0.05, 0) is 42.4 Å². The van der Waals surface area contributed by atoms with Gasteiger partial charge in [-0.15, -0.1) is 0 Å². The first-order valence-electron chi connectivity index (χ1n) is 9.16. The van der Waals surface area contributed by atoms with Crippen molar-refractivity contribution in [2.75, 3.05) is 12.5 Å². The van der Waals surface area contributed by atoms with Gasteiger partial charge in [-0.2, -0.15) is 5.10 Å². The lowest BCUT2D eigenvalue weighted by molar-refractivity contribution is 0.281. The Morgan fingerprint density at radius 3 is 2.76 bits per heavy atom. The normalized spacial score (nSPS) is 10.8. The van der Waals surface area contributed by atoms with Gasteiger partial charge in [0.05, 0.1) is 23.7 Å². The largest absolute Gasteiger partial charge is 0.493 e. The van der Waals surface area contributed by atoms with Gasteiger partial charge in [0.2, 0.25) is 4.77 Å². The third-order valence-electron chi connectivity index (χ3n) is 4.29. The summed E-state index contributed by atoms with van der Waals surface area (Å²) in [6.45, 7) is 2.91. The maximum absolute atomic E-state index is 6.10. The van der Waals surface area contributed by atoms with E-state index in [-0.39, 0.29) is 0 Å². The summed E-state index contributed by atoms with van der Waals surface area (Å²) in [4.78, 5) is 0. The predicted octanol–water partition coefficient (Wildman–Crippen LogP) is 5.53. The number of benzene rings is 2. The van der Waals surface area contributed by atoms with Gasteiger partial charge in [0.1, 0.15) is 6.61 Å². The number of aryl methyl sites for hydroxylation is 1. The van der Waals surface area contributed by atoms with Gasteiger partial charge in [0.25, 0.3) is 0 Å². The minimum Gasteiger partial charge on any atom is -0.493 e. The number of rotatable bonds is 9. The van der Waals surface area contributed by atoms with E-state index in [0.717, 1.165) is 29.8 Å². The van der Waals surface area contributed by atoms with Crippen LogP contribution in [0.2, 0.25) is 10.0 Å². The van der Waals surface area contributed by atoms with Crippen molar-refractivity contribution in [3.8, 4) is 11.5 Å². The molecule has 0 unspecified atom stereocenters. The molecule has 0 saturated carbocycles. The molecule has 0 radical (unpaired) electrons. The van der Waals surface area contributed by atoms with E-state index in [9.17, 15) is 0 Å². The Morgan fingerprint density at radius 1 is 1.21 bits per heavy atom. The van der Waals surface area contributed by atoms with Crippen LogP contribution in [-0.2, 0) is 19.6 Å². The van der Waals surface area contributed by atoms with Crippen LogP contribution in [0.5, 0.6) is 11.5 Å². The molecule has 2 N–H and O–H groups in total. The summed E-state index contributed by atoms with van der Waals surface area (Å²) in [5.74, 6) is 2.16. The van der Waals surface area contributed by atoms with Gasteiger partial charge < -0.3 is 14.9 Å². The Balaban J connectivity index is 1.80. The predicted molar refractivity (Wildman–Crippen MR) is 118 cm³/mol. The summed E-state index contributed by atoms with van der Waals surface area (Å²) < 4.78 is 13.9. The molecule has 0 spiro atoms. The average molecular weight is 453 g/mol. The molecule has 154 valence electrons. The van der Waals surface area contributed by atoms with E-state index < -0.39 is 0 Å². The molecular formula is C20H22Cl2N4O2S. The minimum absolute atomic E-state index is 0.330. The molecule has 0 fully saturated rings. The second-order valence-corrected chi connectivity index (χ2v) is 7.55. The number of aromatic nitrogens is 3. The molecule has 9 heteroatoms. The highest BCUT2D eigenvalue weighted by atomic mass is 35.5. The van der Waals surface area contributed by atoms with Crippen LogP contribution in [0.25, 0.3) is 0 Å². The molecule has 0 aliphatic carbocycles. The molecule has 0 aliphatic heterocycles. The van der Waals surface area contributed by atoms with E-state index in [2.05, 4.69) is 22.5 Å². The summed E-state index contributed by atoms with van der Waals surface area (Å²) >= 11 is 17.4. The van der Waals surface area contributed by atoms with Crippen LogP contribution < -0.4 is 14.9 Å². The number of nitrogens with one attached hydrogen (secondary N) is 2. The van der Waals surface area contributed by atoms with Gasteiger partial charge in [0, 0.05) is 12.0 Å². The summed E-state index contributed by atoms with van der Waals surface area (Å²) in [6, 6.07) is 11.2. The quantitative estimate of drug-likeness (QED) is 0.417. The smallest absolute Gasteiger partial charge is 0.214 e. The van der Waals surface area contributed by atoms with E-state index in [1.165, 1.54) is 0 Å². The fourth-order valence-corrected chi connectivity index (χ4v) is 3.39. The first-order chi connectivity index (χ1) is 14.0. The molecule has 0 atom stereocenters. The Labute approximate surface area is 184 Å². The van der Waals surface area contributed by atoms with Gasteiger partial charge in [-0.3, -0.25) is 5.10 Å². The molecule has 0 amide bonds. The molecule has 0 saturated heterocycles. The Kier molecular flexibility index (Phi) is 7.41. The van der Waals surface area contributed by atoms with Crippen molar-refractivity contribution in [1.29, 1.82) is 0 Å². The zero-order valence-corrected chi connectivity index (χ0v) is 18.5. The number of hydrogen-bond donors (Lipinski definition) is 2. The van der Waals surface area contributed by atoms with Gasteiger partial charge >= 0.3 is 0 Å². The van der Waals surface area contributed by atoms with E-state index in [4.69, 9.17) is 44.9 Å². The number of methoxy groups -OCH3 is 1. The highest BCUT2D eigenvalue weighted by Gasteiger charge is 2.13. The van der Waals surface area contributed by atoms with E-state index in [1.807, 2.05) is 24.3 Å². The maximum atomic E-state index is 6.10. The SMILES string of the molecule is CCCc1n[nH]c(=S)n1NCc1cccc(OC)c1OCc1ccc(Cl)c(Cl)c1. The molecule has 0 bridgehead atoms. The average Bonchev–Trinajstić information content (AvgIpc) is 3.07. The van der Waals surface area contributed by atoms with Crippen molar-refractivity contribution in [3.05, 3.63) is 68.2 Å². The summed E-state index contributed by atoms with van der Waals surface area (Å²) in [6.07, 6.45) is 1.79. The summed E-state index contributed by atoms with van der Waals surface area (Å²) in [7, 11) is 1.62. The van der Waals surface area contributed by atoms with Crippen molar-refractivity contribution in [3.63, 3.8) is 0 Å². The Bertz CT molecular complexity index is 1040. The van der Waals surface area contributed by atoms with Crippen molar-refractivity contribution < 1.29 is 9.47 Å². The third-order valence-corrected chi connectivity index (χ3v) is 5.30. The molecule has 3 aromatic rings. The zero-order valence-electron chi connectivity index (χ0n) is 16.2. The second-order valence-electron chi connectivity index (χ2n) is 6.35. The Morgan fingerprint density at radius 2 is 2.03 bits per heavy atom. The van der Waals surface area contributed by atoms with Crippen LogP contribution in [-0.4, -0.2) is 22.0 Å². The number of nitrogens with zero attached hydrogens (tertiary/aromatic N) is 2. The van der Waals surface area contributed by atoms with E-state index in [0.29, 0.717) is 39.5 Å². The van der Waals surface area contributed by atoms with Crippen LogP contribution in [0, 0.1) is 4.77 Å². The second kappa shape index (κ2) is 10.0. The Hall–Kier alpha value is -2.22. The number of aromatic amines is 1. The molecule has 29 heavy (non-hydrogen) atoms. The fraction of sp³-hybridized carbons (Fsp3) is 0.300. The van der Waals surface area contributed by atoms with Crippen molar-refractivity contribution in [1.82, 2.24) is 14.9 Å². The lowest BCUT2D eigenvalue weighted by Crippen LogP contribution is -2.18. The summed E-state index contributed by atoms with van der Waals surface area (Å²) in [5.41, 5.74) is 5.15. The van der Waals surface area contributed by atoms with Crippen LogP contribution in [0.15, 0.2) is 36.4 Å². The molecule has 6 nitrogen and oxygen atoms in total. The molecule has 1 aromatic heterocycles. The van der Waals surface area contributed by atoms with Gasteiger partial charge in [0.15, 0.2) is 17.3 Å². The zero-order chi connectivity index (χ0) is 20.8. The minimum atomic E-state index is 0.330. The number of ether oxygens (including phenoxy) is 2. The summed E-state index contributed by atoms with van der Waals surface area (Å²) in [5, 5.41) is 8.10. The first-order valence-corrected chi connectivity index (χ1v) is 10.3. The van der Waals surface area contributed by atoms with Crippen LogP contribution in [0.1, 0.15) is 30.3 Å². The molecule has 0 aliphatic rings. The lowest BCUT2D eigenvalue weighted by atomic mass is 10.2. The lowest BCUT2D eigenvalue weighted by Gasteiger charge is -2.17. The molecule has 3 rings (SSSR count). The van der Waals surface area contributed by atoms with E-state index in [1.54, 1.807) is 23.9 Å². The monoisotopic (exact) mass is 452 g/mol. The first kappa shape index (κ1) is 21.5. The van der Waals surface area contributed by atoms with Crippen molar-refractivity contribution in [2.45, 2.75) is 32.9 Å². The highest BCUT2D eigenvalue weighted by Crippen LogP contribution is 2.32. The van der Waals surface area contributed by atoms with Gasteiger partial charge in [-0.1, -0.05) is 48.3 Å². The maximum Gasteiger partial charge on any atom is 0.214 e. The van der Waals surface area contributed by atoms with Crippen molar-refractivity contribution >= 4 is 35.4 Å².